The molecule has 1 heterocycles. The summed E-state index contributed by atoms with van der Waals surface area (Å²) in [7, 11) is 0. The number of allylic oxidation sites excluding steroid dienone is 2. The Morgan fingerprint density at radius 1 is 1.15 bits per heavy atom. The van der Waals surface area contributed by atoms with Crippen LogP contribution in [0.1, 0.15) is 50.3 Å². The van der Waals surface area contributed by atoms with Crippen LogP contribution >= 0.6 is 0 Å². The van der Waals surface area contributed by atoms with Gasteiger partial charge in [-0.25, -0.2) is 0 Å². The zero-order chi connectivity index (χ0) is 19.1. The lowest BCUT2D eigenvalue weighted by molar-refractivity contribution is 0.164. The maximum Gasteiger partial charge on any atom is 0.148 e. The standard InChI is InChI=1S/C22H28O4/c1-6-10-16-13-15(5)26-22-20(16)18(24-11-7-2)14-19(25-12-8-3)21(22)17(23)9-4/h7-8,13-14,17,23H,2-3,5-6,9-12H2,1,4H3. The van der Waals surface area contributed by atoms with E-state index in [9.17, 15) is 5.11 Å². The third-order valence-electron chi connectivity index (χ3n) is 4.09. The van der Waals surface area contributed by atoms with Gasteiger partial charge >= 0.3 is 0 Å². The summed E-state index contributed by atoms with van der Waals surface area (Å²) in [6.45, 7) is 16.1. The predicted molar refractivity (Wildman–Crippen MR) is 106 cm³/mol. The van der Waals surface area contributed by atoms with Crippen LogP contribution in [0.3, 0.4) is 0 Å². The van der Waals surface area contributed by atoms with Crippen molar-refractivity contribution in [2.75, 3.05) is 13.2 Å². The van der Waals surface area contributed by atoms with E-state index in [-0.39, 0.29) is 0 Å². The molecule has 0 spiro atoms. The first kappa shape index (κ1) is 19.9. The molecule has 4 heteroatoms. The summed E-state index contributed by atoms with van der Waals surface area (Å²) in [5, 5.41) is 10.6. The summed E-state index contributed by atoms with van der Waals surface area (Å²) < 4.78 is 17.7. The van der Waals surface area contributed by atoms with Crippen molar-refractivity contribution in [1.82, 2.24) is 0 Å². The van der Waals surface area contributed by atoms with E-state index in [1.54, 1.807) is 12.2 Å². The molecule has 0 radical (unpaired) electrons. The van der Waals surface area contributed by atoms with Gasteiger partial charge in [0.05, 0.1) is 17.2 Å². The van der Waals surface area contributed by atoms with Crippen LogP contribution < -0.4 is 14.2 Å². The van der Waals surface area contributed by atoms with Crippen LogP contribution in [-0.4, -0.2) is 18.3 Å². The molecular formula is C22H28O4. The molecule has 1 atom stereocenters. The summed E-state index contributed by atoms with van der Waals surface area (Å²) in [6.07, 6.45) is 6.93. The average Bonchev–Trinajstić information content (AvgIpc) is 2.63. The molecule has 0 amide bonds. The fourth-order valence-corrected chi connectivity index (χ4v) is 2.98. The van der Waals surface area contributed by atoms with E-state index in [1.165, 1.54) is 0 Å². The molecule has 0 saturated heterocycles. The van der Waals surface area contributed by atoms with Gasteiger partial charge in [0.2, 0.25) is 0 Å². The molecule has 1 aliphatic heterocycles. The number of hydrogen-bond donors (Lipinski definition) is 1. The Kier molecular flexibility index (Phi) is 7.10. The van der Waals surface area contributed by atoms with Gasteiger partial charge in [-0.05, 0) is 24.5 Å². The number of aliphatic hydroxyl groups is 1. The van der Waals surface area contributed by atoms with Gasteiger partial charge in [0.25, 0.3) is 0 Å². The lowest BCUT2D eigenvalue weighted by atomic mass is 9.91. The minimum atomic E-state index is -0.717. The molecule has 26 heavy (non-hydrogen) atoms. The third-order valence-corrected chi connectivity index (χ3v) is 4.09. The van der Waals surface area contributed by atoms with E-state index in [0.29, 0.717) is 48.2 Å². The molecule has 2 rings (SSSR count). The van der Waals surface area contributed by atoms with Gasteiger partial charge in [-0.3, -0.25) is 0 Å². The Balaban J connectivity index is 2.72. The molecule has 1 N–H and O–H groups in total. The van der Waals surface area contributed by atoms with E-state index in [1.807, 2.05) is 19.1 Å². The van der Waals surface area contributed by atoms with Crippen molar-refractivity contribution in [1.29, 1.82) is 0 Å². The van der Waals surface area contributed by atoms with Crippen molar-refractivity contribution in [2.24, 2.45) is 0 Å². The maximum absolute atomic E-state index is 10.6. The highest BCUT2D eigenvalue weighted by atomic mass is 16.5. The minimum absolute atomic E-state index is 0.321. The van der Waals surface area contributed by atoms with Crippen molar-refractivity contribution in [3.63, 3.8) is 0 Å². The Bertz CT molecular complexity index is 715. The number of rotatable bonds is 10. The van der Waals surface area contributed by atoms with Crippen LogP contribution in [0.4, 0.5) is 0 Å². The molecule has 0 bridgehead atoms. The van der Waals surface area contributed by atoms with E-state index in [2.05, 4.69) is 26.7 Å². The second kappa shape index (κ2) is 9.30. The second-order valence-corrected chi connectivity index (χ2v) is 6.10. The van der Waals surface area contributed by atoms with Crippen LogP contribution in [0.5, 0.6) is 17.2 Å². The monoisotopic (exact) mass is 356 g/mol. The van der Waals surface area contributed by atoms with Crippen molar-refractivity contribution in [3.05, 3.63) is 60.9 Å². The molecule has 0 fully saturated rings. The Labute approximate surface area is 156 Å². The van der Waals surface area contributed by atoms with Gasteiger partial charge < -0.3 is 19.3 Å². The van der Waals surface area contributed by atoms with Gasteiger partial charge in [0.15, 0.2) is 0 Å². The fourth-order valence-electron chi connectivity index (χ4n) is 2.98. The van der Waals surface area contributed by atoms with Gasteiger partial charge in [-0.2, -0.15) is 0 Å². The van der Waals surface area contributed by atoms with Crippen molar-refractivity contribution < 1.29 is 19.3 Å². The second-order valence-electron chi connectivity index (χ2n) is 6.10. The summed E-state index contributed by atoms with van der Waals surface area (Å²) in [4.78, 5) is 0. The molecule has 1 unspecified atom stereocenters. The van der Waals surface area contributed by atoms with Crippen LogP contribution in [0.15, 0.2) is 49.8 Å². The highest BCUT2D eigenvalue weighted by Gasteiger charge is 2.30. The average molecular weight is 356 g/mol. The zero-order valence-electron chi connectivity index (χ0n) is 15.7. The van der Waals surface area contributed by atoms with Crippen molar-refractivity contribution >= 4 is 5.57 Å². The van der Waals surface area contributed by atoms with Gasteiger partial charge in [0.1, 0.15) is 36.2 Å². The fraction of sp³-hybridized carbons (Fsp3) is 0.364. The molecule has 1 aromatic carbocycles. The Morgan fingerprint density at radius 3 is 2.38 bits per heavy atom. The maximum atomic E-state index is 10.6. The zero-order valence-corrected chi connectivity index (χ0v) is 15.7. The van der Waals surface area contributed by atoms with E-state index >= 15 is 0 Å². The van der Waals surface area contributed by atoms with Crippen LogP contribution in [0.25, 0.3) is 5.57 Å². The summed E-state index contributed by atoms with van der Waals surface area (Å²) in [5.41, 5.74) is 2.56. The van der Waals surface area contributed by atoms with E-state index in [0.717, 1.165) is 24.0 Å². The highest BCUT2D eigenvalue weighted by Crippen LogP contribution is 2.50. The molecular weight excluding hydrogens is 328 g/mol. The largest absolute Gasteiger partial charge is 0.489 e. The lowest BCUT2D eigenvalue weighted by Gasteiger charge is -2.28. The van der Waals surface area contributed by atoms with Crippen LogP contribution in [-0.2, 0) is 0 Å². The quantitative estimate of drug-likeness (QED) is 0.574. The minimum Gasteiger partial charge on any atom is -0.489 e. The number of aliphatic hydroxyl groups excluding tert-OH is 1. The van der Waals surface area contributed by atoms with Gasteiger partial charge in [-0.1, -0.05) is 52.2 Å². The Hall–Kier alpha value is -2.46. The van der Waals surface area contributed by atoms with Crippen LogP contribution in [0, 0.1) is 0 Å². The van der Waals surface area contributed by atoms with Crippen LogP contribution in [0.2, 0.25) is 0 Å². The summed E-state index contributed by atoms with van der Waals surface area (Å²) in [5.74, 6) is 2.29. The number of benzene rings is 1. The summed E-state index contributed by atoms with van der Waals surface area (Å²) in [6, 6.07) is 1.82. The highest BCUT2D eigenvalue weighted by molar-refractivity contribution is 5.82. The molecule has 0 aromatic heterocycles. The third kappa shape index (κ3) is 4.20. The lowest BCUT2D eigenvalue weighted by Crippen LogP contribution is -2.12. The number of fused-ring (bicyclic) bond motifs is 1. The number of ether oxygens (including phenoxy) is 3. The van der Waals surface area contributed by atoms with E-state index < -0.39 is 6.10 Å². The van der Waals surface area contributed by atoms with Crippen molar-refractivity contribution in [3.8, 4) is 17.2 Å². The number of hydrogen-bond acceptors (Lipinski definition) is 4. The molecule has 1 aromatic rings. The molecule has 140 valence electrons. The topological polar surface area (TPSA) is 47.9 Å². The SMILES string of the molecule is C=CCOc1cc(OCC=C)c(C(O)CC)c2c1C(CCC)=CC(=C)O2. The molecule has 0 saturated carbocycles. The molecule has 1 aliphatic rings. The van der Waals surface area contributed by atoms with Gasteiger partial charge in [0, 0.05) is 6.07 Å². The smallest absolute Gasteiger partial charge is 0.148 e. The van der Waals surface area contributed by atoms with Gasteiger partial charge in [-0.15, -0.1) is 0 Å². The first-order valence-corrected chi connectivity index (χ1v) is 9.01. The molecule has 0 aliphatic carbocycles. The predicted octanol–water partition coefficient (Wildman–Crippen LogP) is 5.35. The first-order valence-electron chi connectivity index (χ1n) is 9.01. The molecule has 4 nitrogen and oxygen atoms in total. The van der Waals surface area contributed by atoms with E-state index in [4.69, 9.17) is 14.2 Å². The Morgan fingerprint density at radius 2 is 1.81 bits per heavy atom. The normalized spacial score (nSPS) is 14.0. The summed E-state index contributed by atoms with van der Waals surface area (Å²) >= 11 is 0. The first-order chi connectivity index (χ1) is 12.6. The van der Waals surface area contributed by atoms with Crippen molar-refractivity contribution in [2.45, 2.75) is 39.2 Å².